The average molecular weight is 471 g/mol. The largest absolute Gasteiger partial charge is 0.485 e. The lowest BCUT2D eigenvalue weighted by Crippen LogP contribution is -2.31. The first kappa shape index (κ1) is 21.3. The summed E-state index contributed by atoms with van der Waals surface area (Å²) >= 11 is 1.29. The molecular weight excluding hydrogens is 448 g/mol. The van der Waals surface area contributed by atoms with Crippen molar-refractivity contribution in [1.82, 2.24) is 29.3 Å². The lowest BCUT2D eigenvalue weighted by molar-refractivity contribution is 0.0686. The third-order valence-corrected chi connectivity index (χ3v) is 6.19. The second-order valence-corrected chi connectivity index (χ2v) is 8.51. The van der Waals surface area contributed by atoms with E-state index in [1.165, 1.54) is 16.3 Å². The molecule has 1 N–H and O–H groups in total. The molecule has 3 aromatic heterocycles. The molecule has 0 saturated carbocycles. The molecule has 0 amide bonds. The number of rotatable bonds is 7. The van der Waals surface area contributed by atoms with Gasteiger partial charge in [-0.2, -0.15) is 0 Å². The maximum Gasteiger partial charge on any atom is 0.330 e. The SMILES string of the molecule is CCCCn1c(=O)[nH]c(=O)c2c1nc(CSc1nnc(C3COc4ccccc4O3)o1)n2C. The fraction of sp³-hybridized carbons (Fsp3) is 0.381. The normalized spacial score (nSPS) is 15.3. The second kappa shape index (κ2) is 8.77. The number of unbranched alkanes of at least 4 members (excludes halogenated alkanes) is 1. The number of aromatic amines is 1. The van der Waals surface area contributed by atoms with Gasteiger partial charge in [-0.05, 0) is 18.6 Å². The van der Waals surface area contributed by atoms with E-state index >= 15 is 0 Å². The van der Waals surface area contributed by atoms with Crippen LogP contribution in [0.25, 0.3) is 11.2 Å². The van der Waals surface area contributed by atoms with Crippen molar-refractivity contribution < 1.29 is 13.9 Å². The van der Waals surface area contributed by atoms with Gasteiger partial charge in [0.2, 0.25) is 6.10 Å². The zero-order valence-corrected chi connectivity index (χ0v) is 18.9. The molecule has 0 aliphatic carbocycles. The van der Waals surface area contributed by atoms with E-state index in [-0.39, 0.29) is 6.61 Å². The number of nitrogens with zero attached hydrogens (tertiary/aromatic N) is 5. The molecule has 0 saturated heterocycles. The number of benzene rings is 1. The van der Waals surface area contributed by atoms with Gasteiger partial charge < -0.3 is 18.5 Å². The van der Waals surface area contributed by atoms with E-state index in [0.29, 0.717) is 51.9 Å². The number of imidazole rings is 1. The summed E-state index contributed by atoms with van der Waals surface area (Å²) < 4.78 is 20.6. The van der Waals surface area contributed by atoms with Crippen molar-refractivity contribution in [2.75, 3.05) is 6.61 Å². The van der Waals surface area contributed by atoms with Gasteiger partial charge >= 0.3 is 5.69 Å². The van der Waals surface area contributed by atoms with E-state index < -0.39 is 17.4 Å². The predicted molar refractivity (Wildman–Crippen MR) is 120 cm³/mol. The molecule has 5 rings (SSSR count). The zero-order chi connectivity index (χ0) is 22.9. The van der Waals surface area contributed by atoms with Crippen LogP contribution in [0.5, 0.6) is 11.5 Å². The molecule has 1 unspecified atom stereocenters. The summed E-state index contributed by atoms with van der Waals surface area (Å²) in [6.45, 7) is 2.80. The van der Waals surface area contributed by atoms with Crippen molar-refractivity contribution in [3.63, 3.8) is 0 Å². The average Bonchev–Trinajstić information content (AvgIpc) is 3.42. The highest BCUT2D eigenvalue weighted by Gasteiger charge is 2.27. The first-order chi connectivity index (χ1) is 16.0. The fourth-order valence-electron chi connectivity index (χ4n) is 3.62. The molecule has 4 heterocycles. The molecule has 4 aromatic rings. The Hall–Kier alpha value is -3.54. The lowest BCUT2D eigenvalue weighted by atomic mass is 10.2. The van der Waals surface area contributed by atoms with Gasteiger partial charge in [-0.15, -0.1) is 10.2 Å². The lowest BCUT2D eigenvalue weighted by Gasteiger charge is -2.23. The molecule has 172 valence electrons. The zero-order valence-electron chi connectivity index (χ0n) is 18.1. The van der Waals surface area contributed by atoms with Gasteiger partial charge in [0, 0.05) is 13.6 Å². The Labute approximate surface area is 191 Å². The van der Waals surface area contributed by atoms with Crippen LogP contribution in [0.3, 0.4) is 0 Å². The molecule has 1 aliphatic rings. The summed E-state index contributed by atoms with van der Waals surface area (Å²) in [5, 5.41) is 8.52. The number of para-hydroxylation sites is 2. The fourth-order valence-corrected chi connectivity index (χ4v) is 4.37. The van der Waals surface area contributed by atoms with Crippen molar-refractivity contribution in [1.29, 1.82) is 0 Å². The number of aryl methyl sites for hydroxylation is 2. The van der Waals surface area contributed by atoms with Crippen LogP contribution in [-0.4, -0.2) is 35.9 Å². The van der Waals surface area contributed by atoms with Crippen molar-refractivity contribution in [3.05, 3.63) is 56.8 Å². The molecular formula is C21H22N6O5S. The summed E-state index contributed by atoms with van der Waals surface area (Å²) in [6.07, 6.45) is 1.23. The number of thioether (sulfide) groups is 1. The van der Waals surface area contributed by atoms with E-state index in [1.807, 2.05) is 31.2 Å². The quantitative estimate of drug-likeness (QED) is 0.405. The summed E-state index contributed by atoms with van der Waals surface area (Å²) in [7, 11) is 1.75. The number of fused-ring (bicyclic) bond motifs is 2. The third kappa shape index (κ3) is 4.01. The number of aromatic nitrogens is 6. The van der Waals surface area contributed by atoms with Gasteiger partial charge in [0.15, 0.2) is 22.7 Å². The monoisotopic (exact) mass is 470 g/mol. The molecule has 1 aliphatic heterocycles. The standard InChI is InChI=1S/C21H22N6O5S/c1-3-4-9-27-17-16(18(28)23-20(27)29)26(2)15(22-17)11-33-21-25-24-19(32-21)14-10-30-12-7-5-6-8-13(12)31-14/h5-8,14H,3-4,9-11H2,1-2H3,(H,23,28,29). The molecule has 0 radical (unpaired) electrons. The maximum absolute atomic E-state index is 12.4. The van der Waals surface area contributed by atoms with Crippen molar-refractivity contribution in [2.24, 2.45) is 7.05 Å². The van der Waals surface area contributed by atoms with E-state index in [2.05, 4.69) is 20.2 Å². The van der Waals surface area contributed by atoms with Crippen LogP contribution < -0.4 is 20.7 Å². The van der Waals surface area contributed by atoms with Gasteiger partial charge in [0.1, 0.15) is 12.4 Å². The molecule has 12 heteroatoms. The van der Waals surface area contributed by atoms with Crippen LogP contribution in [0, 0.1) is 0 Å². The highest BCUT2D eigenvalue weighted by Crippen LogP contribution is 2.36. The van der Waals surface area contributed by atoms with Gasteiger partial charge in [0.05, 0.1) is 5.75 Å². The second-order valence-electron chi connectivity index (χ2n) is 7.58. The topological polar surface area (TPSA) is 130 Å². The summed E-state index contributed by atoms with van der Waals surface area (Å²) in [6, 6.07) is 7.40. The molecule has 0 spiro atoms. The van der Waals surface area contributed by atoms with Gasteiger partial charge in [-0.1, -0.05) is 37.2 Å². The Kier molecular flexibility index (Phi) is 5.67. The molecule has 33 heavy (non-hydrogen) atoms. The minimum atomic E-state index is -0.496. The Morgan fingerprint density at radius 2 is 2.03 bits per heavy atom. The molecule has 0 fully saturated rings. The molecule has 0 bridgehead atoms. The molecule has 1 aromatic carbocycles. The highest BCUT2D eigenvalue weighted by molar-refractivity contribution is 7.98. The number of hydrogen-bond acceptors (Lipinski definition) is 9. The van der Waals surface area contributed by atoms with Crippen molar-refractivity contribution in [2.45, 2.75) is 43.4 Å². The minimum Gasteiger partial charge on any atom is -0.485 e. The minimum absolute atomic E-state index is 0.270. The first-order valence-corrected chi connectivity index (χ1v) is 11.6. The number of nitrogens with one attached hydrogen (secondary N) is 1. The Morgan fingerprint density at radius 3 is 2.85 bits per heavy atom. The Balaban J connectivity index is 1.34. The van der Waals surface area contributed by atoms with Crippen LogP contribution >= 0.6 is 11.8 Å². The molecule has 1 atom stereocenters. The van der Waals surface area contributed by atoms with Gasteiger partial charge in [-0.3, -0.25) is 14.3 Å². The summed E-state index contributed by atoms with van der Waals surface area (Å²) in [5.41, 5.74) is -0.160. The van der Waals surface area contributed by atoms with Crippen LogP contribution in [0.4, 0.5) is 0 Å². The predicted octanol–water partition coefficient (Wildman–Crippen LogP) is 2.41. The maximum atomic E-state index is 12.4. The van der Waals surface area contributed by atoms with Gasteiger partial charge in [-0.25, -0.2) is 9.78 Å². The van der Waals surface area contributed by atoms with Gasteiger partial charge in [0.25, 0.3) is 16.7 Å². The summed E-state index contributed by atoms with van der Waals surface area (Å²) in [5.74, 6) is 2.61. The van der Waals surface area contributed by atoms with Crippen molar-refractivity contribution >= 4 is 22.9 Å². The van der Waals surface area contributed by atoms with E-state index in [1.54, 1.807) is 11.6 Å². The number of H-pyrrole nitrogens is 1. The first-order valence-electron chi connectivity index (χ1n) is 10.6. The van der Waals surface area contributed by atoms with Crippen LogP contribution in [0.1, 0.15) is 37.6 Å². The Morgan fingerprint density at radius 1 is 1.21 bits per heavy atom. The van der Waals surface area contributed by atoms with E-state index in [0.717, 1.165) is 12.8 Å². The third-order valence-electron chi connectivity index (χ3n) is 5.37. The molecule has 11 nitrogen and oxygen atoms in total. The Bertz CT molecular complexity index is 1420. The number of ether oxygens (including phenoxy) is 2. The van der Waals surface area contributed by atoms with Crippen LogP contribution in [-0.2, 0) is 19.3 Å². The van der Waals surface area contributed by atoms with Crippen molar-refractivity contribution in [3.8, 4) is 11.5 Å². The smallest absolute Gasteiger partial charge is 0.330 e. The van der Waals surface area contributed by atoms with E-state index in [4.69, 9.17) is 13.9 Å². The van der Waals surface area contributed by atoms with Crippen LogP contribution in [0.15, 0.2) is 43.5 Å². The number of hydrogen-bond donors (Lipinski definition) is 1. The van der Waals surface area contributed by atoms with Crippen LogP contribution in [0.2, 0.25) is 0 Å². The summed E-state index contributed by atoms with van der Waals surface area (Å²) in [4.78, 5) is 31.6. The highest BCUT2D eigenvalue weighted by atomic mass is 32.2. The van der Waals surface area contributed by atoms with E-state index in [9.17, 15) is 9.59 Å².